The van der Waals surface area contributed by atoms with Crippen LogP contribution in [0.5, 0.6) is 0 Å². The van der Waals surface area contributed by atoms with E-state index < -0.39 is 0 Å². The summed E-state index contributed by atoms with van der Waals surface area (Å²) in [6, 6.07) is 0.297. The third kappa shape index (κ3) is 1.40. The highest BCUT2D eigenvalue weighted by molar-refractivity contribution is 4.88. The van der Waals surface area contributed by atoms with Crippen molar-refractivity contribution in [2.45, 2.75) is 25.3 Å². The third-order valence-corrected chi connectivity index (χ3v) is 1.99. The average molecular weight is 153 g/mol. The number of piperidine rings is 1. The topological polar surface area (TPSA) is 51.0 Å². The Morgan fingerprint density at radius 2 is 2.55 bits per heavy atom. The van der Waals surface area contributed by atoms with Crippen molar-refractivity contribution in [3.63, 3.8) is 0 Å². The van der Waals surface area contributed by atoms with Crippen molar-refractivity contribution in [2.24, 2.45) is 0 Å². The first-order valence-electron chi connectivity index (χ1n) is 3.96. The number of nitrogens with one attached hydrogen (secondary N) is 1. The van der Waals surface area contributed by atoms with E-state index in [0.29, 0.717) is 6.04 Å². The van der Waals surface area contributed by atoms with Gasteiger partial charge in [0.05, 0.1) is 6.04 Å². The minimum Gasteiger partial charge on any atom is -0.426 e. The van der Waals surface area contributed by atoms with Gasteiger partial charge in [0, 0.05) is 0 Å². The van der Waals surface area contributed by atoms with Crippen LogP contribution in [0.2, 0.25) is 0 Å². The minimum absolute atomic E-state index is 0.297. The van der Waals surface area contributed by atoms with Crippen LogP contribution in [0.15, 0.2) is 10.8 Å². The van der Waals surface area contributed by atoms with Crippen LogP contribution in [0.25, 0.3) is 0 Å². The van der Waals surface area contributed by atoms with E-state index in [9.17, 15) is 0 Å². The molecule has 2 rings (SSSR count). The van der Waals surface area contributed by atoms with Gasteiger partial charge in [-0.1, -0.05) is 6.42 Å². The zero-order valence-corrected chi connectivity index (χ0v) is 6.29. The molecule has 0 aliphatic carbocycles. The summed E-state index contributed by atoms with van der Waals surface area (Å²) in [5, 5.41) is 10.8. The van der Waals surface area contributed by atoms with E-state index in [-0.39, 0.29) is 0 Å². The summed E-state index contributed by atoms with van der Waals surface area (Å²) in [4.78, 5) is 0. The minimum atomic E-state index is 0.297. The highest BCUT2D eigenvalue weighted by Gasteiger charge is 2.18. The molecule has 4 nitrogen and oxygen atoms in total. The van der Waals surface area contributed by atoms with Crippen molar-refractivity contribution in [1.82, 2.24) is 15.5 Å². The molecule has 11 heavy (non-hydrogen) atoms. The molecule has 1 fully saturated rings. The molecule has 0 bridgehead atoms. The first-order chi connectivity index (χ1) is 5.47. The molecule has 0 radical (unpaired) electrons. The fourth-order valence-corrected chi connectivity index (χ4v) is 1.40. The Kier molecular flexibility index (Phi) is 1.85. The van der Waals surface area contributed by atoms with Crippen molar-refractivity contribution in [2.75, 3.05) is 6.54 Å². The summed E-state index contributed by atoms with van der Waals surface area (Å²) in [6.07, 6.45) is 5.00. The van der Waals surface area contributed by atoms with Gasteiger partial charge in [-0.3, -0.25) is 0 Å². The van der Waals surface area contributed by atoms with Crippen LogP contribution in [0.1, 0.15) is 31.2 Å². The van der Waals surface area contributed by atoms with Gasteiger partial charge in [-0.15, -0.1) is 10.2 Å². The van der Waals surface area contributed by atoms with Gasteiger partial charge in [0.1, 0.15) is 0 Å². The Hall–Kier alpha value is -0.900. The molecule has 0 aromatic carbocycles. The van der Waals surface area contributed by atoms with E-state index in [2.05, 4.69) is 15.5 Å². The molecule has 1 aliphatic rings. The van der Waals surface area contributed by atoms with Gasteiger partial charge in [-0.25, -0.2) is 0 Å². The van der Waals surface area contributed by atoms with Gasteiger partial charge < -0.3 is 9.73 Å². The maximum Gasteiger partial charge on any atom is 0.233 e. The second kappa shape index (κ2) is 3.00. The van der Waals surface area contributed by atoms with Crippen molar-refractivity contribution in [3.8, 4) is 0 Å². The van der Waals surface area contributed by atoms with E-state index in [0.717, 1.165) is 18.9 Å². The summed E-state index contributed by atoms with van der Waals surface area (Å²) >= 11 is 0. The number of nitrogens with zero attached hydrogens (tertiary/aromatic N) is 2. The van der Waals surface area contributed by atoms with E-state index in [1.165, 1.54) is 19.2 Å². The Balaban J connectivity index is 2.04. The van der Waals surface area contributed by atoms with E-state index in [1.807, 2.05) is 0 Å². The monoisotopic (exact) mass is 153 g/mol. The van der Waals surface area contributed by atoms with Crippen LogP contribution in [0.3, 0.4) is 0 Å². The lowest BCUT2D eigenvalue weighted by atomic mass is 10.1. The number of rotatable bonds is 1. The fourth-order valence-electron chi connectivity index (χ4n) is 1.40. The lowest BCUT2D eigenvalue weighted by Crippen LogP contribution is -2.26. The smallest absolute Gasteiger partial charge is 0.233 e. The van der Waals surface area contributed by atoms with Crippen LogP contribution >= 0.6 is 0 Å². The second-order valence-electron chi connectivity index (χ2n) is 2.78. The molecular weight excluding hydrogens is 142 g/mol. The molecule has 0 unspecified atom stereocenters. The van der Waals surface area contributed by atoms with Crippen LogP contribution in [0.4, 0.5) is 0 Å². The van der Waals surface area contributed by atoms with Crippen LogP contribution < -0.4 is 5.32 Å². The Labute approximate surface area is 65.0 Å². The molecule has 0 amide bonds. The zero-order valence-electron chi connectivity index (χ0n) is 6.29. The van der Waals surface area contributed by atoms with E-state index in [1.54, 1.807) is 0 Å². The second-order valence-corrected chi connectivity index (χ2v) is 2.78. The van der Waals surface area contributed by atoms with Gasteiger partial charge >= 0.3 is 0 Å². The Morgan fingerprint density at radius 1 is 1.55 bits per heavy atom. The fraction of sp³-hybridized carbons (Fsp3) is 0.714. The van der Waals surface area contributed by atoms with Crippen molar-refractivity contribution in [1.29, 1.82) is 0 Å². The van der Waals surface area contributed by atoms with Gasteiger partial charge in [0.25, 0.3) is 0 Å². The van der Waals surface area contributed by atoms with Crippen LogP contribution in [0, 0.1) is 0 Å². The molecule has 1 atom stereocenters. The SMILES string of the molecule is c1nnc([C@H]2CCCCN2)o1. The summed E-state index contributed by atoms with van der Waals surface area (Å²) in [6.45, 7) is 1.06. The first-order valence-corrected chi connectivity index (χ1v) is 3.96. The predicted molar refractivity (Wildman–Crippen MR) is 38.9 cm³/mol. The Bertz CT molecular complexity index is 203. The Morgan fingerprint density at radius 3 is 3.18 bits per heavy atom. The van der Waals surface area contributed by atoms with Crippen molar-refractivity contribution >= 4 is 0 Å². The molecule has 1 saturated heterocycles. The molecule has 1 aliphatic heterocycles. The number of aromatic nitrogens is 2. The third-order valence-electron chi connectivity index (χ3n) is 1.99. The highest BCUT2D eigenvalue weighted by atomic mass is 16.4. The quantitative estimate of drug-likeness (QED) is 0.650. The zero-order chi connectivity index (χ0) is 7.52. The normalized spacial score (nSPS) is 25.3. The molecule has 2 heterocycles. The number of hydrogen-bond donors (Lipinski definition) is 1. The van der Waals surface area contributed by atoms with Crippen LogP contribution in [-0.2, 0) is 0 Å². The summed E-state index contributed by atoms with van der Waals surface area (Å²) in [7, 11) is 0. The number of hydrogen-bond acceptors (Lipinski definition) is 4. The van der Waals surface area contributed by atoms with Gasteiger partial charge in [-0.05, 0) is 19.4 Å². The molecule has 4 heteroatoms. The molecular formula is C7H11N3O. The summed E-state index contributed by atoms with van der Waals surface area (Å²) in [5.74, 6) is 0.727. The molecule has 60 valence electrons. The van der Waals surface area contributed by atoms with Crippen molar-refractivity contribution < 1.29 is 4.42 Å². The largest absolute Gasteiger partial charge is 0.426 e. The molecule has 1 aromatic rings. The molecule has 1 N–H and O–H groups in total. The maximum atomic E-state index is 5.09. The van der Waals surface area contributed by atoms with Gasteiger partial charge in [-0.2, -0.15) is 0 Å². The summed E-state index contributed by atoms with van der Waals surface area (Å²) in [5.41, 5.74) is 0. The van der Waals surface area contributed by atoms with Gasteiger partial charge in [0.2, 0.25) is 12.3 Å². The van der Waals surface area contributed by atoms with Gasteiger partial charge in [0.15, 0.2) is 0 Å². The van der Waals surface area contributed by atoms with Crippen LogP contribution in [-0.4, -0.2) is 16.7 Å². The highest BCUT2D eigenvalue weighted by Crippen LogP contribution is 2.19. The standard InChI is InChI=1S/C7H11N3O/c1-2-4-8-6(3-1)7-10-9-5-11-7/h5-6,8H,1-4H2/t6-/m1/s1. The lowest BCUT2D eigenvalue weighted by Gasteiger charge is -2.19. The predicted octanol–water partition coefficient (Wildman–Crippen LogP) is 0.884. The summed E-state index contributed by atoms with van der Waals surface area (Å²) < 4.78 is 5.09. The molecule has 0 spiro atoms. The van der Waals surface area contributed by atoms with E-state index in [4.69, 9.17) is 4.42 Å². The first kappa shape index (κ1) is 6.79. The average Bonchev–Trinajstić information content (AvgIpc) is 2.58. The van der Waals surface area contributed by atoms with Crippen molar-refractivity contribution in [3.05, 3.63) is 12.3 Å². The maximum absolute atomic E-state index is 5.09. The lowest BCUT2D eigenvalue weighted by molar-refractivity contribution is 0.338. The molecule has 1 aromatic heterocycles. The van der Waals surface area contributed by atoms with E-state index >= 15 is 0 Å². The molecule has 0 saturated carbocycles.